The monoisotopic (exact) mass is 306 g/mol. The maximum atomic E-state index is 10.6. The second-order valence-corrected chi connectivity index (χ2v) is 3.61. The zero-order valence-electron chi connectivity index (χ0n) is 14.1. The van der Waals surface area contributed by atoms with Crippen LogP contribution < -0.4 is 0 Å². The zero-order chi connectivity index (χ0) is 17.1. The number of ether oxygens (including phenoxy) is 4. The van der Waals surface area contributed by atoms with E-state index in [-0.39, 0.29) is 11.9 Å². The van der Waals surface area contributed by atoms with E-state index in [1.807, 2.05) is 13.8 Å². The number of carbonyl (C=O) groups excluding carboxylic acids is 2. The Morgan fingerprint density at radius 1 is 1.24 bits per heavy atom. The van der Waals surface area contributed by atoms with Crippen LogP contribution in [-0.2, 0) is 28.5 Å². The Hall–Kier alpha value is -1.40. The lowest BCUT2D eigenvalue weighted by Crippen LogP contribution is -2.17. The smallest absolute Gasteiger partial charge is 0.307 e. The van der Waals surface area contributed by atoms with Crippen LogP contribution in [-0.4, -0.2) is 45.2 Å². The minimum Gasteiger partial charge on any atom is -0.463 e. The first-order chi connectivity index (χ1) is 9.89. The van der Waals surface area contributed by atoms with E-state index in [2.05, 4.69) is 16.1 Å². The van der Waals surface area contributed by atoms with Gasteiger partial charge in [0, 0.05) is 27.1 Å². The first kappa shape index (κ1) is 24.6. The van der Waals surface area contributed by atoms with E-state index in [0.717, 1.165) is 0 Å². The average molecular weight is 306 g/mol. The van der Waals surface area contributed by atoms with Crippen molar-refractivity contribution in [3.63, 3.8) is 0 Å². The summed E-state index contributed by atoms with van der Waals surface area (Å²) >= 11 is 0. The molecule has 6 nitrogen and oxygen atoms in total. The maximum absolute atomic E-state index is 10.6. The molecule has 0 rings (SSSR count). The van der Waals surface area contributed by atoms with Gasteiger partial charge in [0.15, 0.2) is 6.29 Å². The second kappa shape index (κ2) is 20.9. The van der Waals surface area contributed by atoms with Crippen LogP contribution in [0.1, 0.15) is 41.0 Å². The summed E-state index contributed by atoms with van der Waals surface area (Å²) in [5, 5.41) is 0. The molecule has 0 aromatic carbocycles. The van der Waals surface area contributed by atoms with Crippen molar-refractivity contribution in [2.45, 2.75) is 47.3 Å². The van der Waals surface area contributed by atoms with Crippen LogP contribution in [0.3, 0.4) is 0 Å². The molecule has 21 heavy (non-hydrogen) atoms. The van der Waals surface area contributed by atoms with Crippen LogP contribution in [0.2, 0.25) is 0 Å². The van der Waals surface area contributed by atoms with Gasteiger partial charge in [-0.25, -0.2) is 0 Å². The highest BCUT2D eigenvalue weighted by Crippen LogP contribution is 1.95. The van der Waals surface area contributed by atoms with Gasteiger partial charge in [-0.1, -0.05) is 13.0 Å². The Morgan fingerprint density at radius 2 is 1.76 bits per heavy atom. The van der Waals surface area contributed by atoms with Gasteiger partial charge in [-0.15, -0.1) is 6.58 Å². The lowest BCUT2D eigenvalue weighted by molar-refractivity contribution is -0.173. The number of carbonyl (C=O) groups is 2. The Morgan fingerprint density at radius 3 is 2.10 bits per heavy atom. The van der Waals surface area contributed by atoms with E-state index in [0.29, 0.717) is 26.2 Å². The average Bonchev–Trinajstić information content (AvgIpc) is 2.40. The Labute approximate surface area is 128 Å². The third-order valence-corrected chi connectivity index (χ3v) is 1.58. The predicted molar refractivity (Wildman–Crippen MR) is 81.9 cm³/mol. The van der Waals surface area contributed by atoms with Crippen molar-refractivity contribution < 1.29 is 28.5 Å². The molecule has 0 saturated carbocycles. The molecular weight excluding hydrogens is 276 g/mol. The molecule has 0 aliphatic heterocycles. The van der Waals surface area contributed by atoms with Gasteiger partial charge in [0.2, 0.25) is 0 Å². The van der Waals surface area contributed by atoms with Gasteiger partial charge in [-0.2, -0.15) is 0 Å². The predicted octanol–water partition coefficient (Wildman–Crippen LogP) is 2.71. The first-order valence-corrected chi connectivity index (χ1v) is 6.89. The molecule has 0 spiro atoms. The van der Waals surface area contributed by atoms with Crippen LogP contribution in [0.5, 0.6) is 0 Å². The number of esters is 2. The van der Waals surface area contributed by atoms with Crippen LogP contribution >= 0.6 is 0 Å². The fourth-order valence-corrected chi connectivity index (χ4v) is 0.806. The minimum atomic E-state index is -0.405. The van der Waals surface area contributed by atoms with Gasteiger partial charge in [0.05, 0.1) is 6.61 Å². The highest BCUT2D eigenvalue weighted by molar-refractivity contribution is 5.68. The molecule has 0 N–H and O–H groups in total. The molecule has 0 aliphatic carbocycles. The molecule has 0 heterocycles. The molecule has 0 fully saturated rings. The molecule has 0 amide bonds. The molecule has 0 bridgehead atoms. The van der Waals surface area contributed by atoms with E-state index in [9.17, 15) is 9.59 Å². The first-order valence-electron chi connectivity index (χ1n) is 6.89. The van der Waals surface area contributed by atoms with Crippen molar-refractivity contribution in [1.29, 1.82) is 0 Å². The summed E-state index contributed by atoms with van der Waals surface area (Å²) in [5.41, 5.74) is 0. The van der Waals surface area contributed by atoms with Crippen LogP contribution in [0.15, 0.2) is 12.7 Å². The highest BCUT2D eigenvalue weighted by atomic mass is 16.7. The van der Waals surface area contributed by atoms with Gasteiger partial charge < -0.3 is 18.9 Å². The quantitative estimate of drug-likeness (QED) is 0.312. The van der Waals surface area contributed by atoms with Crippen molar-refractivity contribution in [2.24, 2.45) is 0 Å². The van der Waals surface area contributed by atoms with Gasteiger partial charge in [0.1, 0.15) is 6.61 Å². The molecule has 0 aliphatic rings. The summed E-state index contributed by atoms with van der Waals surface area (Å²) in [6, 6.07) is 0. The molecule has 0 radical (unpaired) electrons. The highest BCUT2D eigenvalue weighted by Gasteiger charge is 2.04. The number of rotatable bonds is 7. The zero-order valence-corrected chi connectivity index (χ0v) is 14.1. The minimum absolute atomic E-state index is 0.221. The fraction of sp³-hybridized carbons (Fsp3) is 0.733. The topological polar surface area (TPSA) is 71.1 Å². The van der Waals surface area contributed by atoms with Crippen LogP contribution in [0.25, 0.3) is 0 Å². The van der Waals surface area contributed by atoms with E-state index >= 15 is 0 Å². The molecule has 0 saturated heterocycles. The second-order valence-electron chi connectivity index (χ2n) is 3.61. The summed E-state index contributed by atoms with van der Waals surface area (Å²) in [6.45, 7) is 13.3. The van der Waals surface area contributed by atoms with E-state index in [4.69, 9.17) is 9.47 Å². The summed E-state index contributed by atoms with van der Waals surface area (Å²) in [7, 11) is 1.56. The van der Waals surface area contributed by atoms with Crippen LogP contribution in [0.4, 0.5) is 0 Å². The van der Waals surface area contributed by atoms with Gasteiger partial charge in [0.25, 0.3) is 0 Å². The number of hydrogen-bond donors (Lipinski definition) is 0. The lowest BCUT2D eigenvalue weighted by Gasteiger charge is -2.11. The summed E-state index contributed by atoms with van der Waals surface area (Å²) in [4.78, 5) is 20.6. The number of allylic oxidation sites excluding steroid dienone is 1. The standard InChI is InChI=1S/C7H14O3.C5H10O3.C3H6/c1-4-7(8)10-6(3)9-5-2;1-5(6)8-4-3-7-2;1-3-2/h6H,4-5H2,1-3H3;3-4H2,1-2H3;3H,1H2,2H3. The van der Waals surface area contributed by atoms with Crippen molar-refractivity contribution in [3.8, 4) is 0 Å². The Balaban J connectivity index is -0.000000264. The third-order valence-electron chi connectivity index (χ3n) is 1.58. The molecule has 1 unspecified atom stereocenters. The van der Waals surface area contributed by atoms with Crippen molar-refractivity contribution in [1.82, 2.24) is 0 Å². The van der Waals surface area contributed by atoms with Gasteiger partial charge in [-0.3, -0.25) is 9.59 Å². The maximum Gasteiger partial charge on any atom is 0.307 e. The molecule has 0 aromatic rings. The van der Waals surface area contributed by atoms with Crippen molar-refractivity contribution in [2.75, 3.05) is 26.9 Å². The third kappa shape index (κ3) is 32.3. The van der Waals surface area contributed by atoms with Crippen molar-refractivity contribution in [3.05, 3.63) is 12.7 Å². The normalized spacial score (nSPS) is 10.0. The molecule has 126 valence electrons. The Kier molecular flexibility index (Phi) is 24.5. The summed E-state index contributed by atoms with van der Waals surface area (Å²) in [6.07, 6.45) is 1.75. The summed E-state index contributed by atoms with van der Waals surface area (Å²) in [5.74, 6) is -0.483. The fourth-order valence-electron chi connectivity index (χ4n) is 0.806. The van der Waals surface area contributed by atoms with E-state index in [1.54, 1.807) is 27.0 Å². The Bertz CT molecular complexity index is 253. The number of methoxy groups -OCH3 is 1. The summed E-state index contributed by atoms with van der Waals surface area (Å²) < 4.78 is 18.9. The van der Waals surface area contributed by atoms with Gasteiger partial charge in [-0.05, 0) is 20.8 Å². The SMILES string of the molecule is C=CC.CCOC(C)OC(=O)CC.COCCOC(C)=O. The largest absolute Gasteiger partial charge is 0.463 e. The van der Waals surface area contributed by atoms with Gasteiger partial charge >= 0.3 is 11.9 Å². The molecule has 6 heteroatoms. The van der Waals surface area contributed by atoms with E-state index in [1.165, 1.54) is 6.92 Å². The molecule has 1 atom stereocenters. The molecular formula is C15H30O6. The van der Waals surface area contributed by atoms with E-state index < -0.39 is 6.29 Å². The van der Waals surface area contributed by atoms with Crippen LogP contribution in [0, 0.1) is 0 Å². The van der Waals surface area contributed by atoms with Crippen molar-refractivity contribution >= 4 is 11.9 Å². The molecule has 0 aromatic heterocycles. The lowest BCUT2D eigenvalue weighted by atomic mass is 10.5. The number of hydrogen-bond acceptors (Lipinski definition) is 6.